The Morgan fingerprint density at radius 2 is 2.00 bits per heavy atom. The van der Waals surface area contributed by atoms with Gasteiger partial charge in [0.15, 0.2) is 0 Å². The van der Waals surface area contributed by atoms with Gasteiger partial charge in [-0.15, -0.1) is 11.3 Å². The quantitative estimate of drug-likeness (QED) is 0.547. The molecule has 4 nitrogen and oxygen atoms in total. The molecule has 130 valence electrons. The van der Waals surface area contributed by atoms with Crippen molar-refractivity contribution in [3.63, 3.8) is 0 Å². The normalized spacial score (nSPS) is 21.0. The fourth-order valence-corrected chi connectivity index (χ4v) is 4.78. The molecule has 0 saturated carbocycles. The predicted octanol–water partition coefficient (Wildman–Crippen LogP) is 5.46. The Labute approximate surface area is 164 Å². The second-order valence-electron chi connectivity index (χ2n) is 6.49. The van der Waals surface area contributed by atoms with Gasteiger partial charge in [0, 0.05) is 39.3 Å². The summed E-state index contributed by atoms with van der Waals surface area (Å²) in [4.78, 5) is 6.67. The molecule has 2 aliphatic heterocycles. The lowest BCUT2D eigenvalue weighted by molar-refractivity contribution is -0.0191. The van der Waals surface area contributed by atoms with Crippen LogP contribution in [0.2, 0.25) is 0 Å². The third-order valence-electron chi connectivity index (χ3n) is 4.77. The topological polar surface area (TPSA) is 37.7 Å². The number of halogens is 1. The summed E-state index contributed by atoms with van der Waals surface area (Å²) < 4.78 is 7.41. The number of aromatic nitrogens is 1. The standard InChI is InChI=1S/C20H16BrN3OS/c1-12-2-5-19(26-12)16-11-17-15-10-14(21)3-4-18(15)25-20(24(17)23-16)13-6-8-22-9-7-13/h2-10,17,20H,11H2,1H3/t17-,20-/m1/s1. The molecule has 5 rings (SSSR count). The first kappa shape index (κ1) is 16.0. The first-order valence-corrected chi connectivity index (χ1v) is 10.1. The molecular weight excluding hydrogens is 410 g/mol. The summed E-state index contributed by atoms with van der Waals surface area (Å²) >= 11 is 5.39. The second kappa shape index (κ2) is 6.21. The highest BCUT2D eigenvalue weighted by molar-refractivity contribution is 9.10. The maximum atomic E-state index is 6.35. The average Bonchev–Trinajstić information content (AvgIpc) is 3.28. The number of hydrogen-bond donors (Lipinski definition) is 0. The number of hydrazone groups is 1. The minimum absolute atomic E-state index is 0.173. The zero-order valence-electron chi connectivity index (χ0n) is 14.1. The number of rotatable bonds is 2. The summed E-state index contributed by atoms with van der Waals surface area (Å²) in [6, 6.07) is 14.7. The Morgan fingerprint density at radius 3 is 2.77 bits per heavy atom. The Kier molecular flexibility index (Phi) is 3.83. The second-order valence-corrected chi connectivity index (χ2v) is 8.69. The number of nitrogens with zero attached hydrogens (tertiary/aromatic N) is 3. The van der Waals surface area contributed by atoms with Gasteiger partial charge in [0.1, 0.15) is 5.75 Å². The summed E-state index contributed by atoms with van der Waals surface area (Å²) in [7, 11) is 0. The largest absolute Gasteiger partial charge is 0.464 e. The SMILES string of the molecule is Cc1ccc(C2=NN3[C@H](C2)c2cc(Br)ccc2O[C@@H]3c2ccncc2)s1. The van der Waals surface area contributed by atoms with Crippen molar-refractivity contribution in [3.05, 3.63) is 80.2 Å². The highest BCUT2D eigenvalue weighted by Gasteiger charge is 2.41. The van der Waals surface area contributed by atoms with E-state index >= 15 is 0 Å². The van der Waals surface area contributed by atoms with Crippen LogP contribution in [0.15, 0.2) is 64.4 Å². The molecule has 0 N–H and O–H groups in total. The van der Waals surface area contributed by atoms with Crippen molar-refractivity contribution in [2.75, 3.05) is 0 Å². The van der Waals surface area contributed by atoms with Crippen LogP contribution in [0.5, 0.6) is 5.75 Å². The maximum Gasteiger partial charge on any atom is 0.213 e. The lowest BCUT2D eigenvalue weighted by Crippen LogP contribution is -2.33. The molecule has 0 amide bonds. The van der Waals surface area contributed by atoms with E-state index in [1.165, 1.54) is 15.3 Å². The van der Waals surface area contributed by atoms with Crippen LogP contribution in [0.25, 0.3) is 0 Å². The molecule has 0 fully saturated rings. The highest BCUT2D eigenvalue weighted by atomic mass is 79.9. The van der Waals surface area contributed by atoms with Crippen LogP contribution in [-0.2, 0) is 0 Å². The van der Waals surface area contributed by atoms with Crippen LogP contribution in [0.3, 0.4) is 0 Å². The molecular formula is C20H16BrN3OS. The van der Waals surface area contributed by atoms with Crippen molar-refractivity contribution < 1.29 is 4.74 Å². The molecule has 0 spiro atoms. The summed E-state index contributed by atoms with van der Waals surface area (Å²) in [5.41, 5.74) is 3.37. The van der Waals surface area contributed by atoms with E-state index in [9.17, 15) is 0 Å². The smallest absolute Gasteiger partial charge is 0.213 e. The van der Waals surface area contributed by atoms with Gasteiger partial charge in [-0.3, -0.25) is 4.98 Å². The number of benzene rings is 1. The lowest BCUT2D eigenvalue weighted by atomic mass is 9.98. The predicted molar refractivity (Wildman–Crippen MR) is 107 cm³/mol. The minimum Gasteiger partial charge on any atom is -0.464 e. The molecule has 0 saturated heterocycles. The number of ether oxygens (including phenoxy) is 1. The Morgan fingerprint density at radius 1 is 1.15 bits per heavy atom. The molecule has 3 aromatic rings. The number of pyridine rings is 1. The van der Waals surface area contributed by atoms with Gasteiger partial charge in [-0.2, -0.15) is 5.10 Å². The van der Waals surface area contributed by atoms with Crippen LogP contribution in [0, 0.1) is 6.92 Å². The van der Waals surface area contributed by atoms with Gasteiger partial charge in [0.25, 0.3) is 0 Å². The molecule has 1 aromatic carbocycles. The van der Waals surface area contributed by atoms with Crippen molar-refractivity contribution >= 4 is 33.0 Å². The van der Waals surface area contributed by atoms with E-state index in [-0.39, 0.29) is 12.3 Å². The van der Waals surface area contributed by atoms with Gasteiger partial charge in [0.05, 0.1) is 16.6 Å². The van der Waals surface area contributed by atoms with E-state index in [4.69, 9.17) is 9.84 Å². The number of thiophene rings is 1. The van der Waals surface area contributed by atoms with Crippen molar-refractivity contribution in [1.82, 2.24) is 9.99 Å². The van der Waals surface area contributed by atoms with Crippen molar-refractivity contribution in [2.45, 2.75) is 25.6 Å². The number of hydrogen-bond acceptors (Lipinski definition) is 5. The summed E-state index contributed by atoms with van der Waals surface area (Å²) in [5.74, 6) is 0.926. The highest BCUT2D eigenvalue weighted by Crippen LogP contribution is 2.48. The van der Waals surface area contributed by atoms with E-state index in [2.05, 4.69) is 51.0 Å². The number of aryl methyl sites for hydroxylation is 1. The van der Waals surface area contributed by atoms with E-state index in [1.807, 2.05) is 24.3 Å². The molecule has 0 bridgehead atoms. The van der Waals surface area contributed by atoms with Gasteiger partial charge in [-0.25, -0.2) is 5.01 Å². The van der Waals surface area contributed by atoms with Crippen LogP contribution < -0.4 is 4.74 Å². The lowest BCUT2D eigenvalue weighted by Gasteiger charge is -2.38. The Bertz CT molecular complexity index is 1000. The molecule has 0 radical (unpaired) electrons. The van der Waals surface area contributed by atoms with Crippen molar-refractivity contribution in [3.8, 4) is 5.75 Å². The fourth-order valence-electron chi connectivity index (χ4n) is 3.54. The van der Waals surface area contributed by atoms with E-state index in [0.717, 1.165) is 27.9 Å². The maximum absolute atomic E-state index is 6.35. The third-order valence-corrected chi connectivity index (χ3v) is 6.31. The molecule has 2 aliphatic rings. The molecule has 2 atom stereocenters. The van der Waals surface area contributed by atoms with Crippen LogP contribution in [-0.4, -0.2) is 15.7 Å². The average molecular weight is 426 g/mol. The minimum atomic E-state index is -0.241. The molecule has 2 aromatic heterocycles. The summed E-state index contributed by atoms with van der Waals surface area (Å²) in [6.45, 7) is 2.13. The van der Waals surface area contributed by atoms with Crippen LogP contribution in [0.4, 0.5) is 0 Å². The Hall–Kier alpha value is -2.18. The van der Waals surface area contributed by atoms with Crippen LogP contribution in [0.1, 0.15) is 39.6 Å². The first-order valence-electron chi connectivity index (χ1n) is 8.48. The fraction of sp³-hybridized carbons (Fsp3) is 0.200. The van der Waals surface area contributed by atoms with Gasteiger partial charge >= 0.3 is 0 Å². The van der Waals surface area contributed by atoms with Gasteiger partial charge in [-0.1, -0.05) is 15.9 Å². The zero-order chi connectivity index (χ0) is 17.7. The van der Waals surface area contributed by atoms with E-state index < -0.39 is 0 Å². The molecule has 0 aliphatic carbocycles. The van der Waals surface area contributed by atoms with Gasteiger partial charge in [0.2, 0.25) is 6.23 Å². The molecule has 26 heavy (non-hydrogen) atoms. The molecule has 0 unspecified atom stereocenters. The summed E-state index contributed by atoms with van der Waals surface area (Å²) in [5, 5.41) is 7.09. The van der Waals surface area contributed by atoms with Crippen molar-refractivity contribution in [1.29, 1.82) is 0 Å². The summed E-state index contributed by atoms with van der Waals surface area (Å²) in [6.07, 6.45) is 4.24. The van der Waals surface area contributed by atoms with Gasteiger partial charge < -0.3 is 4.74 Å². The number of fused-ring (bicyclic) bond motifs is 3. The van der Waals surface area contributed by atoms with Crippen molar-refractivity contribution in [2.24, 2.45) is 5.10 Å². The van der Waals surface area contributed by atoms with Crippen LogP contribution >= 0.6 is 27.3 Å². The van der Waals surface area contributed by atoms with E-state index in [0.29, 0.717) is 0 Å². The third kappa shape index (κ3) is 2.64. The Balaban J connectivity index is 1.61. The van der Waals surface area contributed by atoms with E-state index in [1.54, 1.807) is 23.7 Å². The monoisotopic (exact) mass is 425 g/mol. The zero-order valence-corrected chi connectivity index (χ0v) is 16.5. The first-order chi connectivity index (χ1) is 12.7. The van der Waals surface area contributed by atoms with Gasteiger partial charge in [-0.05, 0) is 49.4 Å². The molecule has 6 heteroatoms. The molecule has 4 heterocycles.